The van der Waals surface area contributed by atoms with Crippen LogP contribution in [0.2, 0.25) is 0 Å². The number of nitrogens with zero attached hydrogens (tertiary/aromatic N) is 4. The molecule has 9 heteroatoms. The summed E-state index contributed by atoms with van der Waals surface area (Å²) < 4.78 is 32.9. The Hall–Kier alpha value is -2.78. The lowest BCUT2D eigenvalue weighted by molar-refractivity contribution is -0.122. The van der Waals surface area contributed by atoms with Crippen LogP contribution in [0.3, 0.4) is 0 Å². The molecule has 2 aromatic heterocycles. The molecule has 0 spiro atoms. The Labute approximate surface area is 155 Å². The van der Waals surface area contributed by atoms with Gasteiger partial charge in [-0.2, -0.15) is 4.31 Å². The molecule has 8 nitrogen and oxygen atoms in total. The fraction of sp³-hybridized carbons (Fsp3) is 0.278. The Kier molecular flexibility index (Phi) is 3.40. The molecule has 1 amide bonds. The van der Waals surface area contributed by atoms with Gasteiger partial charge in [-0.15, -0.1) is 0 Å². The Bertz CT molecular complexity index is 1170. The van der Waals surface area contributed by atoms with Gasteiger partial charge in [0.15, 0.2) is 12.0 Å². The Morgan fingerprint density at radius 3 is 2.85 bits per heavy atom. The number of oxazole rings is 1. The molecule has 1 aromatic carbocycles. The average molecular weight is 384 g/mol. The number of sulfonamides is 1. The van der Waals surface area contributed by atoms with Crippen molar-refractivity contribution in [3.05, 3.63) is 48.6 Å². The van der Waals surface area contributed by atoms with Crippen molar-refractivity contribution in [2.75, 3.05) is 25.0 Å². The molecular weight excluding hydrogens is 368 g/mol. The van der Waals surface area contributed by atoms with Crippen molar-refractivity contribution >= 4 is 32.7 Å². The van der Waals surface area contributed by atoms with E-state index in [2.05, 4.69) is 9.97 Å². The Balaban J connectivity index is 1.54. The first kappa shape index (κ1) is 16.4. The fourth-order valence-corrected chi connectivity index (χ4v) is 5.55. The Morgan fingerprint density at radius 1 is 1.19 bits per heavy atom. The van der Waals surface area contributed by atoms with E-state index in [1.165, 1.54) is 22.8 Å². The predicted octanol–water partition coefficient (Wildman–Crippen LogP) is 1.60. The number of benzene rings is 1. The van der Waals surface area contributed by atoms with E-state index in [4.69, 9.17) is 4.42 Å². The number of rotatable bonds is 2. The van der Waals surface area contributed by atoms with E-state index < -0.39 is 15.9 Å². The van der Waals surface area contributed by atoms with Crippen LogP contribution in [-0.2, 0) is 14.8 Å². The molecule has 1 fully saturated rings. The largest absolute Gasteiger partial charge is 0.443 e. The summed E-state index contributed by atoms with van der Waals surface area (Å²) in [4.78, 5) is 22.7. The van der Waals surface area contributed by atoms with Crippen LogP contribution in [-0.4, -0.2) is 48.7 Å². The number of anilines is 1. The molecule has 0 unspecified atom stereocenters. The van der Waals surface area contributed by atoms with Crippen LogP contribution in [0.1, 0.15) is 11.5 Å². The number of carbonyl (C=O) groups is 1. The molecule has 0 N–H and O–H groups in total. The number of aromatic nitrogens is 2. The second-order valence-electron chi connectivity index (χ2n) is 6.85. The number of carbonyl (C=O) groups excluding carboxylic acids is 1. The van der Waals surface area contributed by atoms with Crippen LogP contribution >= 0.6 is 0 Å². The quantitative estimate of drug-likeness (QED) is 0.666. The van der Waals surface area contributed by atoms with Crippen molar-refractivity contribution in [2.24, 2.45) is 5.92 Å². The summed E-state index contributed by atoms with van der Waals surface area (Å²) >= 11 is 0. The van der Waals surface area contributed by atoms with E-state index in [1.54, 1.807) is 36.5 Å². The molecule has 27 heavy (non-hydrogen) atoms. The highest BCUT2D eigenvalue weighted by molar-refractivity contribution is 7.89. The van der Waals surface area contributed by atoms with Gasteiger partial charge in [-0.3, -0.25) is 9.78 Å². The van der Waals surface area contributed by atoms with Gasteiger partial charge in [-0.05, 0) is 29.8 Å². The highest BCUT2D eigenvalue weighted by Crippen LogP contribution is 2.44. The van der Waals surface area contributed by atoms with E-state index in [0.29, 0.717) is 11.1 Å². The van der Waals surface area contributed by atoms with Gasteiger partial charge in [0, 0.05) is 44.1 Å². The average Bonchev–Trinajstić information content (AvgIpc) is 3.33. The van der Waals surface area contributed by atoms with Crippen LogP contribution in [0.15, 0.2) is 52.4 Å². The zero-order valence-electron chi connectivity index (χ0n) is 14.4. The van der Waals surface area contributed by atoms with E-state index in [9.17, 15) is 13.2 Å². The van der Waals surface area contributed by atoms with Crippen molar-refractivity contribution in [1.29, 1.82) is 0 Å². The first-order valence-electron chi connectivity index (χ1n) is 8.51. The molecular formula is C18H16N4O4S. The van der Waals surface area contributed by atoms with Crippen LogP contribution in [0.4, 0.5) is 5.69 Å². The molecule has 138 valence electrons. The van der Waals surface area contributed by atoms with Crippen molar-refractivity contribution in [3.63, 3.8) is 0 Å². The molecule has 3 aromatic rings. The summed E-state index contributed by atoms with van der Waals surface area (Å²) in [6.45, 7) is 0.406. The molecule has 5 rings (SSSR count). The number of pyridine rings is 1. The molecule has 0 aliphatic carbocycles. The number of hydrogen-bond acceptors (Lipinski definition) is 6. The smallest absolute Gasteiger partial charge is 0.243 e. The van der Waals surface area contributed by atoms with E-state index in [0.717, 1.165) is 11.3 Å². The Morgan fingerprint density at radius 2 is 2.00 bits per heavy atom. The molecule has 2 aliphatic heterocycles. The second kappa shape index (κ2) is 5.61. The van der Waals surface area contributed by atoms with Crippen LogP contribution in [0, 0.1) is 5.92 Å². The number of hydrogen-bond donors (Lipinski definition) is 0. The van der Waals surface area contributed by atoms with Crippen molar-refractivity contribution in [2.45, 2.75) is 10.8 Å². The molecule has 0 radical (unpaired) electrons. The lowest BCUT2D eigenvalue weighted by Crippen LogP contribution is -2.41. The molecule has 0 saturated carbocycles. The number of fused-ring (bicyclic) bond motifs is 4. The van der Waals surface area contributed by atoms with Gasteiger partial charge in [0.05, 0.1) is 10.8 Å². The van der Waals surface area contributed by atoms with Gasteiger partial charge in [-0.1, -0.05) is 0 Å². The van der Waals surface area contributed by atoms with Crippen LogP contribution in [0.5, 0.6) is 0 Å². The second-order valence-corrected chi connectivity index (χ2v) is 8.79. The van der Waals surface area contributed by atoms with Crippen molar-refractivity contribution in [1.82, 2.24) is 14.3 Å². The predicted molar refractivity (Wildman–Crippen MR) is 96.6 cm³/mol. The summed E-state index contributed by atoms with van der Waals surface area (Å²) in [5.74, 6) is -0.663. The van der Waals surface area contributed by atoms with Gasteiger partial charge in [0.1, 0.15) is 5.52 Å². The lowest BCUT2D eigenvalue weighted by Gasteiger charge is -2.32. The molecule has 2 aliphatic rings. The van der Waals surface area contributed by atoms with Crippen molar-refractivity contribution in [3.8, 4) is 0 Å². The number of amides is 1. The molecule has 0 bridgehead atoms. The first-order valence-corrected chi connectivity index (χ1v) is 9.96. The highest BCUT2D eigenvalue weighted by Gasteiger charge is 2.48. The van der Waals surface area contributed by atoms with Crippen molar-refractivity contribution < 1.29 is 17.6 Å². The summed E-state index contributed by atoms with van der Waals surface area (Å²) in [7, 11) is -2.03. The highest BCUT2D eigenvalue weighted by atomic mass is 32.2. The SMILES string of the molecule is CN1C(=O)[C@@H]2CN(S(=O)(=O)c3ccc4ocnc4c3)C[C@@H]2c2cnccc21. The summed E-state index contributed by atoms with van der Waals surface area (Å²) in [6.07, 6.45) is 4.65. The van der Waals surface area contributed by atoms with E-state index in [-0.39, 0.29) is 29.8 Å². The molecule has 2 atom stereocenters. The zero-order chi connectivity index (χ0) is 18.8. The maximum absolute atomic E-state index is 13.2. The van der Waals surface area contributed by atoms with E-state index in [1.807, 2.05) is 0 Å². The third kappa shape index (κ3) is 2.31. The van der Waals surface area contributed by atoms with Gasteiger partial charge >= 0.3 is 0 Å². The normalized spacial score (nSPS) is 22.9. The summed E-state index contributed by atoms with van der Waals surface area (Å²) in [5.41, 5.74) is 2.72. The monoisotopic (exact) mass is 384 g/mol. The van der Waals surface area contributed by atoms with Gasteiger partial charge in [-0.25, -0.2) is 13.4 Å². The standard InChI is InChI=1S/C18H16N4O4S/c1-21-16-4-5-19-7-12(16)13-8-22(9-14(13)18(21)23)27(24,25)11-2-3-17-15(6-11)20-10-26-17/h2-7,10,13-14H,8-9H2,1H3/t13-,14-/m1/s1. The maximum Gasteiger partial charge on any atom is 0.243 e. The third-order valence-electron chi connectivity index (χ3n) is 5.46. The topological polar surface area (TPSA) is 96.6 Å². The van der Waals surface area contributed by atoms with Gasteiger partial charge < -0.3 is 9.32 Å². The molecule has 4 heterocycles. The maximum atomic E-state index is 13.2. The zero-order valence-corrected chi connectivity index (χ0v) is 15.3. The minimum Gasteiger partial charge on any atom is -0.443 e. The fourth-order valence-electron chi connectivity index (χ4n) is 4.03. The van der Waals surface area contributed by atoms with Crippen LogP contribution < -0.4 is 4.90 Å². The molecule has 1 saturated heterocycles. The van der Waals surface area contributed by atoms with Gasteiger partial charge in [0.2, 0.25) is 15.9 Å². The van der Waals surface area contributed by atoms with Gasteiger partial charge in [0.25, 0.3) is 0 Å². The van der Waals surface area contributed by atoms with Crippen LogP contribution in [0.25, 0.3) is 11.1 Å². The summed E-state index contributed by atoms with van der Waals surface area (Å²) in [5, 5.41) is 0. The minimum atomic E-state index is -3.75. The first-order chi connectivity index (χ1) is 13.0. The van der Waals surface area contributed by atoms with E-state index >= 15 is 0 Å². The summed E-state index contributed by atoms with van der Waals surface area (Å²) in [6, 6.07) is 6.39. The third-order valence-corrected chi connectivity index (χ3v) is 7.29. The lowest BCUT2D eigenvalue weighted by atomic mass is 9.84. The minimum absolute atomic E-state index is 0.0663.